The maximum absolute atomic E-state index is 14.0. The van der Waals surface area contributed by atoms with Crippen LogP contribution in [0.2, 0.25) is 0 Å². The van der Waals surface area contributed by atoms with Gasteiger partial charge in [0.2, 0.25) is 0 Å². The van der Waals surface area contributed by atoms with Gasteiger partial charge in [-0.05, 0) is 36.1 Å². The van der Waals surface area contributed by atoms with E-state index in [0.717, 1.165) is 11.6 Å². The molecule has 0 fully saturated rings. The molecule has 1 N–H and O–H groups in total. The van der Waals surface area contributed by atoms with E-state index in [1.54, 1.807) is 0 Å². The van der Waals surface area contributed by atoms with E-state index >= 15 is 0 Å². The number of fused-ring (bicyclic) bond motifs is 1. The van der Waals surface area contributed by atoms with Crippen LogP contribution in [-0.2, 0) is 17.8 Å². The summed E-state index contributed by atoms with van der Waals surface area (Å²) in [7, 11) is 0. The Morgan fingerprint density at radius 2 is 1.96 bits per heavy atom. The van der Waals surface area contributed by atoms with E-state index < -0.39 is 17.9 Å². The van der Waals surface area contributed by atoms with Crippen LogP contribution in [0.5, 0.6) is 0 Å². The zero-order chi connectivity index (χ0) is 17.1. The number of carboxylic acids is 1. The molecule has 0 spiro atoms. The molecule has 0 aliphatic carbocycles. The van der Waals surface area contributed by atoms with Gasteiger partial charge in [0.05, 0.1) is 11.3 Å². The van der Waals surface area contributed by atoms with Crippen molar-refractivity contribution in [3.8, 4) is 0 Å². The second kappa shape index (κ2) is 6.70. The van der Waals surface area contributed by atoms with Crippen LogP contribution in [-0.4, -0.2) is 23.7 Å². The van der Waals surface area contributed by atoms with E-state index in [9.17, 15) is 14.0 Å². The normalized spacial score (nSPS) is 13.3. The number of aryl methyl sites for hydroxylation is 1. The first-order valence-corrected chi connectivity index (χ1v) is 7.60. The number of carbonyl (C=O) groups is 2. The Kier molecular flexibility index (Phi) is 4.46. The molecule has 124 valence electrons. The number of hydrogen-bond acceptors (Lipinski definition) is 3. The highest BCUT2D eigenvalue weighted by atomic mass is 19.1. The first-order valence-electron chi connectivity index (χ1n) is 7.60. The Morgan fingerprint density at radius 3 is 2.67 bits per heavy atom. The molecule has 1 amide bonds. The van der Waals surface area contributed by atoms with Crippen molar-refractivity contribution in [1.29, 1.82) is 0 Å². The van der Waals surface area contributed by atoms with Gasteiger partial charge in [-0.2, -0.15) is 0 Å². The minimum Gasteiger partial charge on any atom is -0.478 e. The third-order valence-electron chi connectivity index (χ3n) is 3.94. The maximum Gasteiger partial charge on any atom is 0.414 e. The number of anilines is 1. The topological polar surface area (TPSA) is 66.8 Å². The Morgan fingerprint density at radius 1 is 1.21 bits per heavy atom. The van der Waals surface area contributed by atoms with Crippen LogP contribution >= 0.6 is 0 Å². The molecular formula is C18H16FNO4. The minimum absolute atomic E-state index is 0.126. The van der Waals surface area contributed by atoms with Gasteiger partial charge in [-0.1, -0.05) is 30.3 Å². The number of halogens is 1. The Bertz CT molecular complexity index is 776. The number of hydrogen-bond donors (Lipinski definition) is 1. The summed E-state index contributed by atoms with van der Waals surface area (Å²) in [5.41, 5.74) is 1.49. The largest absolute Gasteiger partial charge is 0.478 e. The number of benzene rings is 2. The van der Waals surface area contributed by atoms with E-state index in [1.807, 2.05) is 30.3 Å². The van der Waals surface area contributed by atoms with Gasteiger partial charge in [-0.15, -0.1) is 0 Å². The number of carboxylic acid groups (broad SMARTS) is 1. The van der Waals surface area contributed by atoms with Crippen molar-refractivity contribution in [2.75, 3.05) is 11.4 Å². The molecule has 0 saturated carbocycles. The summed E-state index contributed by atoms with van der Waals surface area (Å²) in [6, 6.07) is 11.6. The molecular weight excluding hydrogens is 313 g/mol. The molecule has 0 atom stereocenters. The maximum atomic E-state index is 14.0. The van der Waals surface area contributed by atoms with E-state index in [0.29, 0.717) is 30.6 Å². The molecule has 0 unspecified atom stereocenters. The van der Waals surface area contributed by atoms with Crippen LogP contribution in [0, 0.1) is 5.82 Å². The van der Waals surface area contributed by atoms with Gasteiger partial charge in [0.15, 0.2) is 0 Å². The van der Waals surface area contributed by atoms with Crippen LogP contribution in [0.3, 0.4) is 0 Å². The lowest BCUT2D eigenvalue weighted by Crippen LogP contribution is -2.36. The van der Waals surface area contributed by atoms with E-state index in [2.05, 4.69) is 0 Å². The first kappa shape index (κ1) is 16.0. The third kappa shape index (κ3) is 3.22. The fourth-order valence-corrected chi connectivity index (χ4v) is 2.76. The van der Waals surface area contributed by atoms with E-state index in [4.69, 9.17) is 9.84 Å². The fraction of sp³-hybridized carbons (Fsp3) is 0.222. The average molecular weight is 329 g/mol. The summed E-state index contributed by atoms with van der Waals surface area (Å²) in [6.07, 6.45) is 0.693. The van der Waals surface area contributed by atoms with Gasteiger partial charge in [0.25, 0.3) is 0 Å². The van der Waals surface area contributed by atoms with Gasteiger partial charge in [-0.25, -0.2) is 14.0 Å². The molecule has 0 aromatic heterocycles. The highest BCUT2D eigenvalue weighted by molar-refractivity contribution is 5.92. The fourth-order valence-electron chi connectivity index (χ4n) is 2.76. The van der Waals surface area contributed by atoms with Crippen LogP contribution in [0.15, 0.2) is 42.5 Å². The molecule has 0 radical (unpaired) electrons. The zero-order valence-corrected chi connectivity index (χ0v) is 12.9. The molecule has 3 rings (SSSR count). The highest BCUT2D eigenvalue weighted by Gasteiger charge is 2.26. The van der Waals surface area contributed by atoms with Crippen LogP contribution in [0.4, 0.5) is 14.9 Å². The number of rotatable bonds is 3. The number of aromatic carboxylic acids is 1. The van der Waals surface area contributed by atoms with Crippen molar-refractivity contribution in [3.05, 3.63) is 65.0 Å². The lowest BCUT2D eigenvalue weighted by Gasteiger charge is -2.29. The summed E-state index contributed by atoms with van der Waals surface area (Å²) >= 11 is 0. The van der Waals surface area contributed by atoms with Crippen molar-refractivity contribution in [1.82, 2.24) is 0 Å². The second-order valence-corrected chi connectivity index (χ2v) is 5.56. The molecule has 6 heteroatoms. The smallest absolute Gasteiger partial charge is 0.414 e. The number of nitrogens with zero attached hydrogens (tertiary/aromatic N) is 1. The summed E-state index contributed by atoms with van der Waals surface area (Å²) in [5.74, 6) is -2.18. The molecule has 5 nitrogen and oxygen atoms in total. The van der Waals surface area contributed by atoms with Crippen molar-refractivity contribution >= 4 is 17.7 Å². The predicted octanol–water partition coefficient (Wildman–Crippen LogP) is 3.61. The average Bonchev–Trinajstić information content (AvgIpc) is 2.59. The van der Waals surface area contributed by atoms with Gasteiger partial charge in [-0.3, -0.25) is 4.90 Å². The number of carbonyl (C=O) groups excluding carboxylic acids is 1. The zero-order valence-electron chi connectivity index (χ0n) is 12.9. The number of ether oxygens (including phenoxy) is 1. The molecule has 24 heavy (non-hydrogen) atoms. The molecule has 1 aliphatic rings. The molecule has 2 aromatic carbocycles. The van der Waals surface area contributed by atoms with Crippen LogP contribution < -0.4 is 4.90 Å². The van der Waals surface area contributed by atoms with Gasteiger partial charge in [0, 0.05) is 6.54 Å². The summed E-state index contributed by atoms with van der Waals surface area (Å²) < 4.78 is 19.2. The van der Waals surface area contributed by atoms with Crippen molar-refractivity contribution in [2.24, 2.45) is 0 Å². The second-order valence-electron chi connectivity index (χ2n) is 5.56. The van der Waals surface area contributed by atoms with Crippen molar-refractivity contribution < 1.29 is 23.8 Å². The van der Waals surface area contributed by atoms with Crippen molar-refractivity contribution in [2.45, 2.75) is 19.4 Å². The summed E-state index contributed by atoms with van der Waals surface area (Å²) in [5, 5.41) is 9.01. The monoisotopic (exact) mass is 329 g/mol. The quantitative estimate of drug-likeness (QED) is 0.934. The lowest BCUT2D eigenvalue weighted by atomic mass is 9.99. The van der Waals surface area contributed by atoms with Crippen molar-refractivity contribution in [3.63, 3.8) is 0 Å². The lowest BCUT2D eigenvalue weighted by molar-refractivity contribution is 0.0691. The number of amides is 1. The third-order valence-corrected chi connectivity index (χ3v) is 3.94. The standard InChI is InChI=1S/C18H16FNO4/c19-15-10-16-13(9-14(15)17(21)22)7-4-8-20(16)18(23)24-11-12-5-2-1-3-6-12/h1-3,5-6,9-10H,4,7-8,11H2,(H,21,22). The Balaban J connectivity index is 1.80. The first-order chi connectivity index (χ1) is 11.6. The predicted molar refractivity (Wildman–Crippen MR) is 85.7 cm³/mol. The van der Waals surface area contributed by atoms with Crippen LogP contribution in [0.25, 0.3) is 0 Å². The van der Waals surface area contributed by atoms with Gasteiger partial charge < -0.3 is 9.84 Å². The van der Waals surface area contributed by atoms with E-state index in [-0.39, 0.29) is 12.2 Å². The van der Waals surface area contributed by atoms with Gasteiger partial charge >= 0.3 is 12.1 Å². The molecule has 0 saturated heterocycles. The van der Waals surface area contributed by atoms with Gasteiger partial charge in [0.1, 0.15) is 12.4 Å². The molecule has 0 bridgehead atoms. The molecule has 1 heterocycles. The minimum atomic E-state index is -1.32. The molecule has 2 aromatic rings. The Labute approximate surface area is 138 Å². The SMILES string of the molecule is O=C(O)c1cc2c(cc1F)N(C(=O)OCc1ccccc1)CCC2. The molecule has 1 aliphatic heterocycles. The highest BCUT2D eigenvalue weighted by Crippen LogP contribution is 2.30. The summed E-state index contributed by atoms with van der Waals surface area (Å²) in [4.78, 5) is 24.7. The summed E-state index contributed by atoms with van der Waals surface area (Å²) in [6.45, 7) is 0.535. The Hall–Kier alpha value is -2.89. The van der Waals surface area contributed by atoms with Crippen LogP contribution in [0.1, 0.15) is 27.9 Å². The van der Waals surface area contributed by atoms with E-state index in [1.165, 1.54) is 11.0 Å².